The van der Waals surface area contributed by atoms with Crippen LogP contribution in [0.1, 0.15) is 26.4 Å². The van der Waals surface area contributed by atoms with Crippen molar-refractivity contribution in [3.05, 3.63) is 76.6 Å². The molecule has 1 aromatic heterocycles. The third kappa shape index (κ3) is 5.58. The van der Waals surface area contributed by atoms with Gasteiger partial charge in [0.05, 0.1) is 24.6 Å². The first-order valence-corrected chi connectivity index (χ1v) is 9.70. The average molecular weight is 467 g/mol. The second kappa shape index (κ2) is 9.73. The van der Waals surface area contributed by atoms with Gasteiger partial charge in [-0.25, -0.2) is 4.68 Å². The smallest absolute Gasteiger partial charge is 0.416 e. The molecule has 7 nitrogen and oxygen atoms in total. The predicted octanol–water partition coefficient (Wildman–Crippen LogP) is 3.71. The standard InChI is InChI=1S/C21H18ClF3N4O3/c1-32-17-12-29(16-4-2-3-14(11-16)21(23,24)25)28-18(17)20(31)27-10-9-26-19(30)13-5-7-15(22)8-6-13/h2-8,11-12H,9-10H2,1H3,(H,26,30)(H,27,31). The Morgan fingerprint density at radius 3 is 2.34 bits per heavy atom. The highest BCUT2D eigenvalue weighted by molar-refractivity contribution is 6.30. The number of rotatable bonds is 7. The number of nitrogens with one attached hydrogen (secondary N) is 2. The molecular formula is C21H18ClF3N4O3. The maximum absolute atomic E-state index is 13.0. The first-order chi connectivity index (χ1) is 15.2. The van der Waals surface area contributed by atoms with E-state index in [1.807, 2.05) is 0 Å². The Bertz CT molecular complexity index is 1110. The molecule has 168 valence electrons. The van der Waals surface area contributed by atoms with Gasteiger partial charge in [-0.05, 0) is 42.5 Å². The summed E-state index contributed by atoms with van der Waals surface area (Å²) in [5.41, 5.74) is -0.407. The van der Waals surface area contributed by atoms with Gasteiger partial charge in [0.2, 0.25) is 0 Å². The zero-order chi connectivity index (χ0) is 23.3. The van der Waals surface area contributed by atoms with E-state index in [4.69, 9.17) is 16.3 Å². The number of carbonyl (C=O) groups excluding carboxylic acids is 2. The van der Waals surface area contributed by atoms with Gasteiger partial charge in [-0.1, -0.05) is 17.7 Å². The number of ether oxygens (including phenoxy) is 1. The molecule has 1 heterocycles. The van der Waals surface area contributed by atoms with Gasteiger partial charge >= 0.3 is 6.18 Å². The van der Waals surface area contributed by atoms with Crippen LogP contribution < -0.4 is 15.4 Å². The summed E-state index contributed by atoms with van der Waals surface area (Å²) in [4.78, 5) is 24.5. The summed E-state index contributed by atoms with van der Waals surface area (Å²) in [5.74, 6) is -0.847. The van der Waals surface area contributed by atoms with Crippen LogP contribution in [0, 0.1) is 0 Å². The first kappa shape index (κ1) is 23.1. The molecule has 0 atom stereocenters. The van der Waals surface area contributed by atoms with Crippen LogP contribution in [0.15, 0.2) is 54.7 Å². The molecule has 0 saturated carbocycles. The van der Waals surface area contributed by atoms with Gasteiger partial charge in [0, 0.05) is 23.7 Å². The van der Waals surface area contributed by atoms with Crippen molar-refractivity contribution >= 4 is 23.4 Å². The number of amides is 2. The van der Waals surface area contributed by atoms with Crippen molar-refractivity contribution in [3.63, 3.8) is 0 Å². The molecule has 3 rings (SSSR count). The van der Waals surface area contributed by atoms with Crippen LogP contribution >= 0.6 is 11.6 Å². The number of nitrogens with zero attached hydrogens (tertiary/aromatic N) is 2. The van der Waals surface area contributed by atoms with E-state index in [-0.39, 0.29) is 36.1 Å². The topological polar surface area (TPSA) is 85.2 Å². The SMILES string of the molecule is COc1cn(-c2cccc(C(F)(F)F)c2)nc1C(=O)NCCNC(=O)c1ccc(Cl)cc1. The number of benzene rings is 2. The summed E-state index contributed by atoms with van der Waals surface area (Å²) in [6.45, 7) is 0.238. The molecule has 0 saturated heterocycles. The molecule has 2 N–H and O–H groups in total. The van der Waals surface area contributed by atoms with Crippen molar-refractivity contribution in [1.82, 2.24) is 20.4 Å². The van der Waals surface area contributed by atoms with Crippen molar-refractivity contribution in [2.75, 3.05) is 20.2 Å². The van der Waals surface area contributed by atoms with Gasteiger partial charge < -0.3 is 15.4 Å². The molecule has 0 aliphatic heterocycles. The van der Waals surface area contributed by atoms with Crippen LogP contribution in [0.5, 0.6) is 5.75 Å². The van der Waals surface area contributed by atoms with E-state index < -0.39 is 17.6 Å². The number of hydrogen-bond acceptors (Lipinski definition) is 4. The summed E-state index contributed by atoms with van der Waals surface area (Å²) in [5, 5.41) is 9.79. The lowest BCUT2D eigenvalue weighted by Crippen LogP contribution is -2.35. The Kier molecular flexibility index (Phi) is 7.04. The van der Waals surface area contributed by atoms with Gasteiger partial charge in [-0.2, -0.15) is 18.3 Å². The van der Waals surface area contributed by atoms with Gasteiger partial charge in [0.1, 0.15) is 0 Å². The third-order valence-corrected chi connectivity index (χ3v) is 4.61. The molecule has 11 heteroatoms. The van der Waals surface area contributed by atoms with Crippen LogP contribution in [0.25, 0.3) is 5.69 Å². The summed E-state index contributed by atoms with van der Waals surface area (Å²) in [7, 11) is 1.32. The number of alkyl halides is 3. The molecule has 0 bridgehead atoms. The molecule has 0 aliphatic rings. The van der Waals surface area contributed by atoms with Crippen LogP contribution in [0.3, 0.4) is 0 Å². The van der Waals surface area contributed by atoms with E-state index in [1.54, 1.807) is 24.3 Å². The Morgan fingerprint density at radius 1 is 1.06 bits per heavy atom. The third-order valence-electron chi connectivity index (χ3n) is 4.36. The highest BCUT2D eigenvalue weighted by atomic mass is 35.5. The van der Waals surface area contributed by atoms with Crippen LogP contribution in [-0.4, -0.2) is 41.8 Å². The molecule has 2 amide bonds. The normalized spacial score (nSPS) is 11.2. The van der Waals surface area contributed by atoms with Gasteiger partial charge in [0.15, 0.2) is 11.4 Å². The van der Waals surface area contributed by atoms with Crippen molar-refractivity contribution in [2.45, 2.75) is 6.18 Å². The number of carbonyl (C=O) groups is 2. The summed E-state index contributed by atoms with van der Waals surface area (Å²) in [6.07, 6.45) is -3.20. The van der Waals surface area contributed by atoms with Gasteiger partial charge in [0.25, 0.3) is 11.8 Å². The highest BCUT2D eigenvalue weighted by Crippen LogP contribution is 2.30. The molecule has 3 aromatic rings. The van der Waals surface area contributed by atoms with Gasteiger partial charge in [-0.15, -0.1) is 0 Å². The quantitative estimate of drug-likeness (QED) is 0.520. The van der Waals surface area contributed by atoms with Crippen LogP contribution in [-0.2, 0) is 6.18 Å². The molecule has 32 heavy (non-hydrogen) atoms. The number of aromatic nitrogens is 2. The van der Waals surface area contributed by atoms with E-state index in [0.717, 1.165) is 16.8 Å². The fourth-order valence-electron chi connectivity index (χ4n) is 2.76. The minimum atomic E-state index is -4.51. The Morgan fingerprint density at radius 2 is 1.72 bits per heavy atom. The van der Waals surface area contributed by atoms with Crippen molar-refractivity contribution in [2.24, 2.45) is 0 Å². The monoisotopic (exact) mass is 466 g/mol. The van der Waals surface area contributed by atoms with Crippen LogP contribution in [0.2, 0.25) is 5.02 Å². The fourth-order valence-corrected chi connectivity index (χ4v) is 2.89. The second-order valence-corrected chi connectivity index (χ2v) is 6.99. The second-order valence-electron chi connectivity index (χ2n) is 6.56. The van der Waals surface area contributed by atoms with E-state index in [1.165, 1.54) is 25.4 Å². The highest BCUT2D eigenvalue weighted by Gasteiger charge is 2.30. The molecule has 0 unspecified atom stereocenters. The van der Waals surface area contributed by atoms with Crippen molar-refractivity contribution in [1.29, 1.82) is 0 Å². The molecule has 0 fully saturated rings. The van der Waals surface area contributed by atoms with E-state index in [9.17, 15) is 22.8 Å². The van der Waals surface area contributed by atoms with Crippen LogP contribution in [0.4, 0.5) is 13.2 Å². The number of halogens is 4. The zero-order valence-electron chi connectivity index (χ0n) is 16.7. The van der Waals surface area contributed by atoms with Gasteiger partial charge in [-0.3, -0.25) is 9.59 Å². The minimum Gasteiger partial charge on any atom is -0.493 e. The molecular weight excluding hydrogens is 449 g/mol. The summed E-state index contributed by atoms with van der Waals surface area (Å²) in [6, 6.07) is 10.8. The number of hydrogen-bond donors (Lipinski definition) is 2. The Balaban J connectivity index is 1.63. The lowest BCUT2D eigenvalue weighted by molar-refractivity contribution is -0.137. The lowest BCUT2D eigenvalue weighted by Gasteiger charge is -2.08. The molecule has 0 radical (unpaired) electrons. The Hall–Kier alpha value is -3.53. The summed E-state index contributed by atoms with van der Waals surface area (Å²) >= 11 is 5.78. The lowest BCUT2D eigenvalue weighted by atomic mass is 10.2. The predicted molar refractivity (Wildman–Crippen MR) is 111 cm³/mol. The maximum Gasteiger partial charge on any atom is 0.416 e. The van der Waals surface area contributed by atoms with E-state index in [2.05, 4.69) is 15.7 Å². The molecule has 0 spiro atoms. The summed E-state index contributed by atoms with van der Waals surface area (Å²) < 4.78 is 45.2. The molecule has 2 aromatic carbocycles. The maximum atomic E-state index is 13.0. The minimum absolute atomic E-state index is 0.0881. The Labute approximate surface area is 186 Å². The van der Waals surface area contributed by atoms with E-state index >= 15 is 0 Å². The first-order valence-electron chi connectivity index (χ1n) is 9.32. The fraction of sp³-hybridized carbons (Fsp3) is 0.190. The van der Waals surface area contributed by atoms with E-state index in [0.29, 0.717) is 10.6 Å². The van der Waals surface area contributed by atoms with Crippen molar-refractivity contribution in [3.8, 4) is 11.4 Å². The average Bonchev–Trinajstić information content (AvgIpc) is 3.21. The van der Waals surface area contributed by atoms with Crippen molar-refractivity contribution < 1.29 is 27.5 Å². The largest absolute Gasteiger partial charge is 0.493 e. The number of methoxy groups -OCH3 is 1. The molecule has 0 aliphatic carbocycles. The zero-order valence-corrected chi connectivity index (χ0v) is 17.5.